The van der Waals surface area contributed by atoms with Gasteiger partial charge in [-0.15, -0.1) is 0 Å². The predicted octanol–water partition coefficient (Wildman–Crippen LogP) is 2.10. The number of carbonyl (C=O) groups excluding carboxylic acids is 1. The van der Waals surface area contributed by atoms with Crippen molar-refractivity contribution in [2.75, 3.05) is 26.3 Å². The van der Waals surface area contributed by atoms with Gasteiger partial charge < -0.3 is 10.1 Å². The SMILES string of the molecule is CC(C)=CC(=O)NCc1ccc(CN2CCOCC2)cc1. The van der Waals surface area contributed by atoms with Crippen LogP contribution in [0.4, 0.5) is 0 Å². The molecule has 0 saturated carbocycles. The van der Waals surface area contributed by atoms with E-state index in [2.05, 4.69) is 34.5 Å². The summed E-state index contributed by atoms with van der Waals surface area (Å²) in [6, 6.07) is 8.44. The molecule has 0 unspecified atom stereocenters. The molecule has 1 N–H and O–H groups in total. The molecule has 1 heterocycles. The highest BCUT2D eigenvalue weighted by Crippen LogP contribution is 2.09. The Hall–Kier alpha value is -1.65. The third-order valence-electron chi connectivity index (χ3n) is 3.42. The minimum atomic E-state index is -0.0348. The molecule has 1 aromatic rings. The molecule has 1 saturated heterocycles. The fourth-order valence-electron chi connectivity index (χ4n) is 2.28. The van der Waals surface area contributed by atoms with Gasteiger partial charge in [0.2, 0.25) is 5.91 Å². The molecule has 1 aliphatic rings. The van der Waals surface area contributed by atoms with E-state index in [1.54, 1.807) is 6.08 Å². The van der Waals surface area contributed by atoms with Crippen LogP contribution in [-0.4, -0.2) is 37.1 Å². The minimum Gasteiger partial charge on any atom is -0.379 e. The van der Waals surface area contributed by atoms with Crippen LogP contribution in [0.25, 0.3) is 0 Å². The van der Waals surface area contributed by atoms with E-state index in [0.29, 0.717) is 6.54 Å². The molecule has 1 amide bonds. The normalized spacial score (nSPS) is 15.5. The number of hydrogen-bond donors (Lipinski definition) is 1. The first-order valence-corrected chi connectivity index (χ1v) is 7.44. The van der Waals surface area contributed by atoms with E-state index in [1.165, 1.54) is 5.56 Å². The van der Waals surface area contributed by atoms with Crippen molar-refractivity contribution in [3.8, 4) is 0 Å². The zero-order valence-corrected chi connectivity index (χ0v) is 12.9. The summed E-state index contributed by atoms with van der Waals surface area (Å²) < 4.78 is 5.35. The van der Waals surface area contributed by atoms with Gasteiger partial charge >= 0.3 is 0 Å². The second-order valence-corrected chi connectivity index (χ2v) is 5.64. The Morgan fingerprint density at radius 1 is 1.19 bits per heavy atom. The maximum atomic E-state index is 11.6. The molecule has 0 radical (unpaired) electrons. The Morgan fingerprint density at radius 3 is 2.43 bits per heavy atom. The molecule has 0 aliphatic carbocycles. The number of carbonyl (C=O) groups is 1. The first-order valence-electron chi connectivity index (χ1n) is 7.44. The van der Waals surface area contributed by atoms with Gasteiger partial charge in [0.15, 0.2) is 0 Å². The molecule has 1 aliphatic heterocycles. The van der Waals surface area contributed by atoms with E-state index < -0.39 is 0 Å². The second-order valence-electron chi connectivity index (χ2n) is 5.64. The van der Waals surface area contributed by atoms with Crippen molar-refractivity contribution in [3.63, 3.8) is 0 Å². The van der Waals surface area contributed by atoms with Crippen LogP contribution in [0.1, 0.15) is 25.0 Å². The molecular weight excluding hydrogens is 264 g/mol. The van der Waals surface area contributed by atoms with Crippen LogP contribution in [0.3, 0.4) is 0 Å². The maximum Gasteiger partial charge on any atom is 0.244 e. The van der Waals surface area contributed by atoms with E-state index in [4.69, 9.17) is 4.74 Å². The largest absolute Gasteiger partial charge is 0.379 e. The van der Waals surface area contributed by atoms with Crippen molar-refractivity contribution >= 4 is 5.91 Å². The van der Waals surface area contributed by atoms with Crippen LogP contribution < -0.4 is 5.32 Å². The molecule has 0 aromatic heterocycles. The lowest BCUT2D eigenvalue weighted by molar-refractivity contribution is -0.116. The Balaban J connectivity index is 1.81. The van der Waals surface area contributed by atoms with Crippen molar-refractivity contribution in [2.24, 2.45) is 0 Å². The number of rotatable bonds is 5. The van der Waals surface area contributed by atoms with Crippen molar-refractivity contribution in [2.45, 2.75) is 26.9 Å². The molecule has 21 heavy (non-hydrogen) atoms. The smallest absolute Gasteiger partial charge is 0.244 e. The summed E-state index contributed by atoms with van der Waals surface area (Å²) in [6.07, 6.45) is 1.62. The third kappa shape index (κ3) is 5.69. The summed E-state index contributed by atoms with van der Waals surface area (Å²) >= 11 is 0. The molecule has 2 rings (SSSR count). The summed E-state index contributed by atoms with van der Waals surface area (Å²) in [5.74, 6) is -0.0348. The van der Waals surface area contributed by atoms with Crippen LogP contribution in [0.2, 0.25) is 0 Å². The van der Waals surface area contributed by atoms with Gasteiger partial charge in [-0.2, -0.15) is 0 Å². The summed E-state index contributed by atoms with van der Waals surface area (Å²) in [5.41, 5.74) is 3.43. The zero-order valence-electron chi connectivity index (χ0n) is 12.9. The van der Waals surface area contributed by atoms with E-state index in [0.717, 1.165) is 44.0 Å². The zero-order chi connectivity index (χ0) is 15.1. The number of hydrogen-bond acceptors (Lipinski definition) is 3. The molecule has 0 spiro atoms. The molecule has 4 heteroatoms. The molecule has 1 aromatic carbocycles. The Bertz CT molecular complexity index is 484. The topological polar surface area (TPSA) is 41.6 Å². The highest BCUT2D eigenvalue weighted by Gasteiger charge is 2.10. The fourth-order valence-corrected chi connectivity index (χ4v) is 2.28. The molecule has 0 bridgehead atoms. The molecule has 0 atom stereocenters. The highest BCUT2D eigenvalue weighted by atomic mass is 16.5. The molecular formula is C17H24N2O2. The lowest BCUT2D eigenvalue weighted by atomic mass is 10.1. The average Bonchev–Trinajstić information content (AvgIpc) is 2.47. The first-order chi connectivity index (χ1) is 10.1. The van der Waals surface area contributed by atoms with E-state index >= 15 is 0 Å². The quantitative estimate of drug-likeness (QED) is 0.844. The van der Waals surface area contributed by atoms with Gasteiger partial charge in [0.05, 0.1) is 13.2 Å². The van der Waals surface area contributed by atoms with Crippen LogP contribution in [-0.2, 0) is 22.6 Å². The third-order valence-corrected chi connectivity index (χ3v) is 3.42. The van der Waals surface area contributed by atoms with Gasteiger partial charge in [0.1, 0.15) is 0 Å². The van der Waals surface area contributed by atoms with Gasteiger partial charge in [-0.3, -0.25) is 9.69 Å². The van der Waals surface area contributed by atoms with Crippen molar-refractivity contribution in [1.29, 1.82) is 0 Å². The van der Waals surface area contributed by atoms with Gasteiger partial charge in [0.25, 0.3) is 0 Å². The van der Waals surface area contributed by atoms with Gasteiger partial charge in [-0.25, -0.2) is 0 Å². The second kappa shape index (κ2) is 7.96. The Morgan fingerprint density at radius 2 is 1.81 bits per heavy atom. The highest BCUT2D eigenvalue weighted by molar-refractivity contribution is 5.87. The summed E-state index contributed by atoms with van der Waals surface area (Å²) in [4.78, 5) is 13.9. The summed E-state index contributed by atoms with van der Waals surface area (Å²) in [5, 5.41) is 2.89. The molecule has 1 fully saturated rings. The van der Waals surface area contributed by atoms with Crippen LogP contribution in [0, 0.1) is 0 Å². The number of morpholine rings is 1. The minimum absolute atomic E-state index is 0.0348. The van der Waals surface area contributed by atoms with Gasteiger partial charge in [-0.1, -0.05) is 29.8 Å². The standard InChI is InChI=1S/C17H24N2O2/c1-14(2)11-17(20)18-12-15-3-5-16(6-4-15)13-19-7-9-21-10-8-19/h3-6,11H,7-10,12-13H2,1-2H3,(H,18,20). The van der Waals surface area contributed by atoms with Crippen LogP contribution >= 0.6 is 0 Å². The van der Waals surface area contributed by atoms with E-state index in [-0.39, 0.29) is 5.91 Å². The summed E-state index contributed by atoms with van der Waals surface area (Å²) in [7, 11) is 0. The van der Waals surface area contributed by atoms with Gasteiger partial charge in [0, 0.05) is 32.3 Å². The molecule has 114 valence electrons. The van der Waals surface area contributed by atoms with Gasteiger partial charge in [-0.05, 0) is 25.0 Å². The van der Waals surface area contributed by atoms with Crippen LogP contribution in [0.5, 0.6) is 0 Å². The van der Waals surface area contributed by atoms with Crippen molar-refractivity contribution in [1.82, 2.24) is 10.2 Å². The summed E-state index contributed by atoms with van der Waals surface area (Å²) in [6.45, 7) is 9.03. The van der Waals surface area contributed by atoms with Crippen molar-refractivity contribution in [3.05, 3.63) is 47.0 Å². The van der Waals surface area contributed by atoms with E-state index in [9.17, 15) is 4.79 Å². The number of allylic oxidation sites excluding steroid dienone is 1. The Kier molecular flexibility index (Phi) is 5.96. The fraction of sp³-hybridized carbons (Fsp3) is 0.471. The first kappa shape index (κ1) is 15.7. The van der Waals surface area contributed by atoms with Crippen LogP contribution in [0.15, 0.2) is 35.9 Å². The lowest BCUT2D eigenvalue weighted by Crippen LogP contribution is -2.35. The number of nitrogens with one attached hydrogen (secondary N) is 1. The number of nitrogens with zero attached hydrogens (tertiary/aromatic N) is 1. The number of ether oxygens (including phenoxy) is 1. The van der Waals surface area contributed by atoms with Crippen molar-refractivity contribution < 1.29 is 9.53 Å². The number of benzene rings is 1. The average molecular weight is 288 g/mol. The predicted molar refractivity (Wildman–Crippen MR) is 83.8 cm³/mol. The maximum absolute atomic E-state index is 11.6. The monoisotopic (exact) mass is 288 g/mol. The Labute approximate surface area is 126 Å². The lowest BCUT2D eigenvalue weighted by Gasteiger charge is -2.26. The molecule has 4 nitrogen and oxygen atoms in total. The number of amides is 1. The van der Waals surface area contributed by atoms with E-state index in [1.807, 2.05) is 13.8 Å².